The molecule has 1 aliphatic rings. The van der Waals surface area contributed by atoms with Gasteiger partial charge in [0.2, 0.25) is 5.91 Å². The minimum Gasteiger partial charge on any atom is -0.491 e. The van der Waals surface area contributed by atoms with Crippen molar-refractivity contribution in [2.24, 2.45) is 5.92 Å². The van der Waals surface area contributed by atoms with E-state index in [9.17, 15) is 9.59 Å². The normalized spacial score (nSPS) is 23.0. The Morgan fingerprint density at radius 1 is 1.34 bits per heavy atom. The van der Waals surface area contributed by atoms with E-state index in [2.05, 4.69) is 29.0 Å². The lowest BCUT2D eigenvalue weighted by Crippen LogP contribution is -2.46. The molecule has 1 aromatic carbocycles. The van der Waals surface area contributed by atoms with Crippen molar-refractivity contribution in [2.75, 3.05) is 39.2 Å². The van der Waals surface area contributed by atoms with Crippen LogP contribution in [0.4, 0.5) is 5.69 Å². The number of methoxy groups -OCH3 is 1. The summed E-state index contributed by atoms with van der Waals surface area (Å²) in [6.45, 7) is 8.08. The fraction of sp³-hybridized carbons (Fsp3) is 0.522. The molecule has 1 N–H and O–H groups in total. The van der Waals surface area contributed by atoms with Gasteiger partial charge in [0.25, 0.3) is 5.91 Å². The molecule has 3 rings (SSSR count). The number of nitrogens with one attached hydrogen (secondary N) is 1. The lowest BCUT2D eigenvalue weighted by atomic mass is 10.0. The number of amides is 2. The third-order valence-corrected chi connectivity index (χ3v) is 6.48. The first-order valence-corrected chi connectivity index (χ1v) is 11.6. The summed E-state index contributed by atoms with van der Waals surface area (Å²) in [5.74, 6) is 0.315. The second kappa shape index (κ2) is 10.9. The van der Waals surface area contributed by atoms with Crippen LogP contribution in [0.2, 0.25) is 0 Å². The van der Waals surface area contributed by atoms with Gasteiger partial charge >= 0.3 is 0 Å². The molecule has 1 aliphatic heterocycles. The number of carbonyl (C=O) groups excluding carboxylic acids is 2. The molecule has 8 nitrogen and oxygen atoms in total. The summed E-state index contributed by atoms with van der Waals surface area (Å²) in [6.07, 6.45) is 1.69. The number of anilines is 1. The number of aromatic nitrogens is 1. The fourth-order valence-corrected chi connectivity index (χ4v) is 4.50. The minimum atomic E-state index is -0.195. The number of thiazole rings is 1. The molecular weight excluding hydrogens is 428 g/mol. The summed E-state index contributed by atoms with van der Waals surface area (Å²) in [5.41, 5.74) is 0.976. The molecule has 0 bridgehead atoms. The molecule has 0 spiro atoms. The number of hydrogen-bond donors (Lipinski definition) is 1. The molecule has 0 aliphatic carbocycles. The quantitative estimate of drug-likeness (QED) is 0.755. The largest absolute Gasteiger partial charge is 0.491 e. The molecule has 0 unspecified atom stereocenters. The molecule has 2 heterocycles. The SMILES string of the molecule is CO[C@@H]1CN(C)C(=O)c2cc(NC(C)=O)ccc2OC[C@@H](C)N(Cc2nccs2)C[C@@H]1C. The molecule has 0 saturated heterocycles. The van der Waals surface area contributed by atoms with E-state index in [0.29, 0.717) is 30.2 Å². The maximum absolute atomic E-state index is 13.3. The van der Waals surface area contributed by atoms with Crippen molar-refractivity contribution in [3.05, 3.63) is 40.3 Å². The molecule has 3 atom stereocenters. The maximum atomic E-state index is 13.3. The van der Waals surface area contributed by atoms with Gasteiger partial charge in [0, 0.05) is 57.5 Å². The number of likely N-dealkylation sites (N-methyl/N-ethyl adjacent to an activating group) is 1. The van der Waals surface area contributed by atoms with E-state index in [1.807, 2.05) is 11.6 Å². The molecular formula is C23H32N4O4S. The van der Waals surface area contributed by atoms with Crippen LogP contribution in [0.15, 0.2) is 29.8 Å². The number of rotatable bonds is 4. The van der Waals surface area contributed by atoms with Crippen LogP contribution < -0.4 is 10.1 Å². The van der Waals surface area contributed by atoms with Gasteiger partial charge in [0.05, 0.1) is 18.2 Å². The van der Waals surface area contributed by atoms with Crippen LogP contribution in [0.1, 0.15) is 36.1 Å². The minimum absolute atomic E-state index is 0.0917. The van der Waals surface area contributed by atoms with Gasteiger partial charge in [-0.05, 0) is 31.0 Å². The van der Waals surface area contributed by atoms with Crippen LogP contribution in [0.25, 0.3) is 0 Å². The Bertz CT molecular complexity index is 921. The Kier molecular flexibility index (Phi) is 8.22. The average molecular weight is 461 g/mol. The van der Waals surface area contributed by atoms with Gasteiger partial charge in [-0.1, -0.05) is 6.92 Å². The van der Waals surface area contributed by atoms with Gasteiger partial charge in [0.15, 0.2) is 0 Å². The van der Waals surface area contributed by atoms with Gasteiger partial charge in [-0.3, -0.25) is 14.5 Å². The number of fused-ring (bicyclic) bond motifs is 1. The van der Waals surface area contributed by atoms with Crippen molar-refractivity contribution in [1.29, 1.82) is 0 Å². The summed E-state index contributed by atoms with van der Waals surface area (Å²) in [7, 11) is 3.45. The van der Waals surface area contributed by atoms with E-state index in [0.717, 1.165) is 18.1 Å². The molecule has 1 aromatic heterocycles. The Balaban J connectivity index is 1.94. The number of nitrogens with zero attached hydrogens (tertiary/aromatic N) is 3. The highest BCUT2D eigenvalue weighted by Crippen LogP contribution is 2.27. The molecule has 2 aromatic rings. The first-order valence-electron chi connectivity index (χ1n) is 10.7. The van der Waals surface area contributed by atoms with Crippen LogP contribution in [-0.4, -0.2) is 72.6 Å². The molecule has 0 fully saturated rings. The van der Waals surface area contributed by atoms with Gasteiger partial charge in [-0.25, -0.2) is 4.98 Å². The van der Waals surface area contributed by atoms with Crippen LogP contribution in [0.3, 0.4) is 0 Å². The van der Waals surface area contributed by atoms with E-state index in [-0.39, 0.29) is 29.9 Å². The zero-order valence-corrected chi connectivity index (χ0v) is 20.1. The Morgan fingerprint density at radius 3 is 2.78 bits per heavy atom. The zero-order valence-electron chi connectivity index (χ0n) is 19.3. The van der Waals surface area contributed by atoms with Crippen LogP contribution in [-0.2, 0) is 16.1 Å². The first-order chi connectivity index (χ1) is 15.3. The highest BCUT2D eigenvalue weighted by atomic mass is 32.1. The molecule has 9 heteroatoms. The lowest BCUT2D eigenvalue weighted by molar-refractivity contribution is -0.114. The van der Waals surface area contributed by atoms with Crippen molar-refractivity contribution in [2.45, 2.75) is 39.5 Å². The highest BCUT2D eigenvalue weighted by molar-refractivity contribution is 7.09. The Labute approximate surface area is 193 Å². The van der Waals surface area contributed by atoms with Crippen LogP contribution >= 0.6 is 11.3 Å². The summed E-state index contributed by atoms with van der Waals surface area (Å²) >= 11 is 1.64. The van der Waals surface area contributed by atoms with E-state index in [4.69, 9.17) is 9.47 Å². The molecule has 32 heavy (non-hydrogen) atoms. The lowest BCUT2D eigenvalue weighted by Gasteiger charge is -2.35. The topological polar surface area (TPSA) is 84.0 Å². The predicted octanol–water partition coefficient (Wildman–Crippen LogP) is 3.11. The van der Waals surface area contributed by atoms with Crippen molar-refractivity contribution in [3.8, 4) is 5.75 Å². The monoisotopic (exact) mass is 460 g/mol. The first kappa shape index (κ1) is 24.2. The van der Waals surface area contributed by atoms with Crippen molar-refractivity contribution in [3.63, 3.8) is 0 Å². The number of carbonyl (C=O) groups is 2. The Morgan fingerprint density at radius 2 is 2.12 bits per heavy atom. The summed E-state index contributed by atoms with van der Waals surface area (Å²) in [4.78, 5) is 33.2. The van der Waals surface area contributed by atoms with E-state index in [1.54, 1.807) is 48.6 Å². The predicted molar refractivity (Wildman–Crippen MR) is 125 cm³/mol. The van der Waals surface area contributed by atoms with Crippen molar-refractivity contribution >= 4 is 28.8 Å². The third kappa shape index (κ3) is 6.05. The van der Waals surface area contributed by atoms with E-state index >= 15 is 0 Å². The second-order valence-electron chi connectivity index (χ2n) is 8.34. The standard InChI is InChI=1S/C23H32N4O4S/c1-15-11-27(13-22-24-8-9-32-22)16(2)14-31-20-7-6-18(25-17(3)28)10-19(20)23(29)26(4)12-21(15)30-5/h6-10,15-16,21H,11-14H2,1-5H3,(H,25,28)/t15-,16+,21+/m0/s1. The zero-order chi connectivity index (χ0) is 23.3. The summed E-state index contributed by atoms with van der Waals surface area (Å²) < 4.78 is 11.9. The number of benzene rings is 1. The summed E-state index contributed by atoms with van der Waals surface area (Å²) in [5, 5.41) is 5.78. The molecule has 2 amide bonds. The average Bonchev–Trinajstić information content (AvgIpc) is 3.27. The highest BCUT2D eigenvalue weighted by Gasteiger charge is 2.28. The van der Waals surface area contributed by atoms with Gasteiger partial charge in [0.1, 0.15) is 17.4 Å². The molecule has 0 radical (unpaired) electrons. The van der Waals surface area contributed by atoms with Gasteiger partial charge in [-0.15, -0.1) is 11.3 Å². The van der Waals surface area contributed by atoms with E-state index < -0.39 is 0 Å². The van der Waals surface area contributed by atoms with Crippen LogP contribution in [0.5, 0.6) is 5.75 Å². The second-order valence-corrected chi connectivity index (χ2v) is 9.32. The number of hydrogen-bond acceptors (Lipinski definition) is 7. The maximum Gasteiger partial charge on any atom is 0.257 e. The van der Waals surface area contributed by atoms with Crippen LogP contribution in [0, 0.1) is 5.92 Å². The van der Waals surface area contributed by atoms with E-state index in [1.165, 1.54) is 6.92 Å². The summed E-state index contributed by atoms with van der Waals surface area (Å²) in [6, 6.07) is 5.25. The third-order valence-electron chi connectivity index (χ3n) is 5.72. The van der Waals surface area contributed by atoms with Gasteiger partial charge in [-0.2, -0.15) is 0 Å². The van der Waals surface area contributed by atoms with Crippen molar-refractivity contribution in [1.82, 2.24) is 14.8 Å². The smallest absolute Gasteiger partial charge is 0.257 e. The van der Waals surface area contributed by atoms with Gasteiger partial charge < -0.3 is 19.7 Å². The Hall–Kier alpha value is -2.49. The molecule has 174 valence electrons. The number of ether oxygens (including phenoxy) is 2. The molecule has 0 saturated carbocycles. The fourth-order valence-electron chi connectivity index (χ4n) is 3.86. The van der Waals surface area contributed by atoms with Crippen molar-refractivity contribution < 1.29 is 19.1 Å².